The van der Waals surface area contributed by atoms with Crippen molar-refractivity contribution in [2.45, 2.75) is 70.9 Å². The van der Waals surface area contributed by atoms with Gasteiger partial charge in [0.05, 0.1) is 12.7 Å². The lowest BCUT2D eigenvalue weighted by Gasteiger charge is -2.25. The van der Waals surface area contributed by atoms with E-state index in [-0.39, 0.29) is 0 Å². The summed E-state index contributed by atoms with van der Waals surface area (Å²) in [4.78, 5) is 0. The molecule has 0 amide bonds. The lowest BCUT2D eigenvalue weighted by atomic mass is 9.98. The highest BCUT2D eigenvalue weighted by Gasteiger charge is 2.15. The maximum absolute atomic E-state index is 5.99. The van der Waals surface area contributed by atoms with Gasteiger partial charge in [-0.05, 0) is 25.8 Å². The largest absolute Gasteiger partial charge is 0.377 e. The Morgan fingerprint density at radius 1 is 1.20 bits per heavy atom. The molecule has 1 unspecified atom stereocenters. The molecule has 1 rings (SSSR count). The lowest BCUT2D eigenvalue weighted by Crippen LogP contribution is -2.35. The highest BCUT2D eigenvalue weighted by molar-refractivity contribution is 4.69. The van der Waals surface area contributed by atoms with Crippen LogP contribution < -0.4 is 5.32 Å². The Morgan fingerprint density at radius 3 is 2.53 bits per heavy atom. The lowest BCUT2D eigenvalue weighted by molar-refractivity contribution is 0.0148. The Bertz CT molecular complexity index is 137. The Morgan fingerprint density at radius 2 is 1.93 bits per heavy atom. The molecule has 1 aliphatic carbocycles. The zero-order valence-electron chi connectivity index (χ0n) is 10.4. The van der Waals surface area contributed by atoms with Crippen LogP contribution in [0.25, 0.3) is 0 Å². The molecule has 1 N–H and O–H groups in total. The van der Waals surface area contributed by atoms with Gasteiger partial charge in [0, 0.05) is 6.04 Å². The Hall–Kier alpha value is -0.0800. The molecule has 1 atom stereocenters. The van der Waals surface area contributed by atoms with Gasteiger partial charge in [0.2, 0.25) is 0 Å². The minimum Gasteiger partial charge on any atom is -0.377 e. The van der Waals surface area contributed by atoms with E-state index in [0.717, 1.165) is 13.2 Å². The van der Waals surface area contributed by atoms with Gasteiger partial charge in [0.15, 0.2) is 0 Å². The third-order valence-electron chi connectivity index (χ3n) is 3.22. The summed E-state index contributed by atoms with van der Waals surface area (Å²) in [7, 11) is 0. The van der Waals surface area contributed by atoms with Crippen LogP contribution in [0.4, 0.5) is 0 Å². The molecular formula is C13H27NO. The van der Waals surface area contributed by atoms with Gasteiger partial charge in [0.25, 0.3) is 0 Å². The molecule has 0 spiro atoms. The van der Waals surface area contributed by atoms with E-state index in [4.69, 9.17) is 4.74 Å². The molecule has 1 aliphatic rings. The van der Waals surface area contributed by atoms with Crippen LogP contribution in [-0.4, -0.2) is 25.3 Å². The number of hydrogen-bond acceptors (Lipinski definition) is 2. The maximum Gasteiger partial charge on any atom is 0.0623 e. The Kier molecular flexibility index (Phi) is 7.03. The zero-order chi connectivity index (χ0) is 10.9. The second kappa shape index (κ2) is 8.12. The van der Waals surface area contributed by atoms with Crippen LogP contribution in [0.2, 0.25) is 0 Å². The predicted molar refractivity (Wildman–Crippen MR) is 65.2 cm³/mol. The average molecular weight is 213 g/mol. The highest BCUT2D eigenvalue weighted by atomic mass is 16.5. The number of likely N-dealkylation sites (N-methyl/N-ethyl adjacent to an activating group) is 1. The van der Waals surface area contributed by atoms with E-state index in [1.165, 1.54) is 44.9 Å². The quantitative estimate of drug-likeness (QED) is 0.701. The van der Waals surface area contributed by atoms with Gasteiger partial charge < -0.3 is 10.1 Å². The number of ether oxygens (including phenoxy) is 1. The van der Waals surface area contributed by atoms with Crippen molar-refractivity contribution in [3.8, 4) is 0 Å². The standard InChI is InChI=1S/C13H27NO/c1-3-8-12(14-4-2)11-15-13-9-6-5-7-10-13/h12-14H,3-11H2,1-2H3. The van der Waals surface area contributed by atoms with Crippen molar-refractivity contribution in [1.82, 2.24) is 5.32 Å². The van der Waals surface area contributed by atoms with Crippen molar-refractivity contribution >= 4 is 0 Å². The molecule has 2 heteroatoms. The molecule has 0 aliphatic heterocycles. The molecule has 1 saturated carbocycles. The summed E-state index contributed by atoms with van der Waals surface area (Å²) in [6, 6.07) is 0.571. The molecule has 0 saturated heterocycles. The van der Waals surface area contributed by atoms with E-state index in [2.05, 4.69) is 19.2 Å². The SMILES string of the molecule is CCCC(COC1CCCCC1)NCC. The minimum absolute atomic E-state index is 0.553. The molecule has 0 radical (unpaired) electrons. The molecule has 0 aromatic carbocycles. The van der Waals surface area contributed by atoms with Crippen LogP contribution in [0.5, 0.6) is 0 Å². The number of hydrogen-bond donors (Lipinski definition) is 1. The topological polar surface area (TPSA) is 21.3 Å². The van der Waals surface area contributed by atoms with Gasteiger partial charge in [0.1, 0.15) is 0 Å². The van der Waals surface area contributed by atoms with Crippen molar-refractivity contribution in [3.63, 3.8) is 0 Å². The molecule has 0 aromatic heterocycles. The van der Waals surface area contributed by atoms with Gasteiger partial charge >= 0.3 is 0 Å². The van der Waals surface area contributed by atoms with Crippen LogP contribution in [0, 0.1) is 0 Å². The molecule has 0 heterocycles. The van der Waals surface area contributed by atoms with E-state index in [0.29, 0.717) is 12.1 Å². The van der Waals surface area contributed by atoms with E-state index in [1.54, 1.807) is 0 Å². The zero-order valence-corrected chi connectivity index (χ0v) is 10.4. The molecule has 0 aromatic rings. The Labute approximate surface area is 94.8 Å². The van der Waals surface area contributed by atoms with Gasteiger partial charge in [-0.15, -0.1) is 0 Å². The first-order valence-electron chi connectivity index (χ1n) is 6.71. The summed E-state index contributed by atoms with van der Waals surface area (Å²) in [6.07, 6.45) is 9.74. The van der Waals surface area contributed by atoms with Crippen molar-refractivity contribution in [2.75, 3.05) is 13.2 Å². The predicted octanol–water partition coefficient (Wildman–Crippen LogP) is 3.11. The molecule has 90 valence electrons. The summed E-state index contributed by atoms with van der Waals surface area (Å²) in [5.41, 5.74) is 0. The van der Waals surface area contributed by atoms with E-state index in [9.17, 15) is 0 Å². The van der Waals surface area contributed by atoms with Gasteiger partial charge in [-0.25, -0.2) is 0 Å². The number of rotatable bonds is 7. The molecule has 1 fully saturated rings. The smallest absolute Gasteiger partial charge is 0.0623 e. The monoisotopic (exact) mass is 213 g/mol. The van der Waals surface area contributed by atoms with Gasteiger partial charge in [-0.2, -0.15) is 0 Å². The van der Waals surface area contributed by atoms with Crippen LogP contribution in [0.1, 0.15) is 58.8 Å². The first-order valence-corrected chi connectivity index (χ1v) is 6.71. The van der Waals surface area contributed by atoms with E-state index in [1.807, 2.05) is 0 Å². The second-order valence-electron chi connectivity index (χ2n) is 4.64. The fourth-order valence-corrected chi connectivity index (χ4v) is 2.37. The third kappa shape index (κ3) is 5.53. The first-order chi connectivity index (χ1) is 7.36. The molecule has 15 heavy (non-hydrogen) atoms. The van der Waals surface area contributed by atoms with Gasteiger partial charge in [-0.1, -0.05) is 39.5 Å². The first kappa shape index (κ1) is 13.0. The number of nitrogens with one attached hydrogen (secondary N) is 1. The molecule has 2 nitrogen and oxygen atoms in total. The average Bonchev–Trinajstić information content (AvgIpc) is 2.28. The molecule has 0 bridgehead atoms. The van der Waals surface area contributed by atoms with Crippen molar-refractivity contribution in [2.24, 2.45) is 0 Å². The normalized spacial score (nSPS) is 20.4. The summed E-state index contributed by atoms with van der Waals surface area (Å²) in [6.45, 7) is 6.37. The van der Waals surface area contributed by atoms with Crippen LogP contribution in [0.3, 0.4) is 0 Å². The van der Waals surface area contributed by atoms with E-state index < -0.39 is 0 Å². The van der Waals surface area contributed by atoms with Crippen LogP contribution in [-0.2, 0) is 4.74 Å². The maximum atomic E-state index is 5.99. The minimum atomic E-state index is 0.553. The summed E-state index contributed by atoms with van der Waals surface area (Å²) >= 11 is 0. The van der Waals surface area contributed by atoms with Crippen molar-refractivity contribution in [3.05, 3.63) is 0 Å². The molecular weight excluding hydrogens is 186 g/mol. The van der Waals surface area contributed by atoms with Crippen molar-refractivity contribution < 1.29 is 4.74 Å². The Balaban J connectivity index is 2.13. The fraction of sp³-hybridized carbons (Fsp3) is 1.00. The summed E-state index contributed by atoms with van der Waals surface area (Å²) in [5, 5.41) is 3.50. The summed E-state index contributed by atoms with van der Waals surface area (Å²) in [5.74, 6) is 0. The van der Waals surface area contributed by atoms with Crippen LogP contribution >= 0.6 is 0 Å². The fourth-order valence-electron chi connectivity index (χ4n) is 2.37. The van der Waals surface area contributed by atoms with Crippen LogP contribution in [0.15, 0.2) is 0 Å². The summed E-state index contributed by atoms with van der Waals surface area (Å²) < 4.78 is 5.99. The third-order valence-corrected chi connectivity index (χ3v) is 3.22. The van der Waals surface area contributed by atoms with E-state index >= 15 is 0 Å². The highest BCUT2D eigenvalue weighted by Crippen LogP contribution is 2.20. The van der Waals surface area contributed by atoms with Gasteiger partial charge in [-0.3, -0.25) is 0 Å². The van der Waals surface area contributed by atoms with Crippen molar-refractivity contribution in [1.29, 1.82) is 0 Å². The second-order valence-corrected chi connectivity index (χ2v) is 4.64.